The number of carbonyl (C=O) groups excluding carboxylic acids is 1. The number of ether oxygens (including phenoxy) is 1. The first-order valence-electron chi connectivity index (χ1n) is 6.77. The zero-order valence-corrected chi connectivity index (χ0v) is 13.2. The minimum absolute atomic E-state index is 0.00597. The lowest BCUT2D eigenvalue weighted by Crippen LogP contribution is -2.26. The van der Waals surface area contributed by atoms with Crippen molar-refractivity contribution in [1.82, 2.24) is 9.97 Å². The van der Waals surface area contributed by atoms with Gasteiger partial charge in [0.2, 0.25) is 11.8 Å². The Morgan fingerprint density at radius 1 is 1.38 bits per heavy atom. The van der Waals surface area contributed by atoms with Crippen molar-refractivity contribution in [2.45, 2.75) is 18.5 Å². The highest BCUT2D eigenvalue weighted by Crippen LogP contribution is 2.33. The predicted molar refractivity (Wildman–Crippen MR) is 82.1 cm³/mol. The molecule has 1 atom stereocenters. The molecule has 0 aliphatic rings. The first-order chi connectivity index (χ1) is 11.3. The third kappa shape index (κ3) is 5.09. The fourth-order valence-corrected chi connectivity index (χ4v) is 2.24. The van der Waals surface area contributed by atoms with Crippen LogP contribution in [0.3, 0.4) is 0 Å². The van der Waals surface area contributed by atoms with E-state index in [1.54, 1.807) is 0 Å². The van der Waals surface area contributed by atoms with Gasteiger partial charge in [-0.15, -0.1) is 0 Å². The molecule has 0 saturated carbocycles. The van der Waals surface area contributed by atoms with Crippen LogP contribution in [0.25, 0.3) is 0 Å². The number of benzene rings is 1. The van der Waals surface area contributed by atoms with Gasteiger partial charge in [-0.05, 0) is 17.7 Å². The van der Waals surface area contributed by atoms with Crippen molar-refractivity contribution in [3.8, 4) is 5.88 Å². The van der Waals surface area contributed by atoms with Gasteiger partial charge in [-0.2, -0.15) is 18.2 Å². The van der Waals surface area contributed by atoms with Crippen molar-refractivity contribution in [1.29, 1.82) is 0 Å². The molecule has 0 bridgehead atoms. The van der Waals surface area contributed by atoms with E-state index >= 15 is 0 Å². The minimum Gasteiger partial charge on any atom is -0.480 e. The van der Waals surface area contributed by atoms with Crippen molar-refractivity contribution in [3.05, 3.63) is 47.2 Å². The van der Waals surface area contributed by atoms with Crippen LogP contribution >= 0.6 is 11.6 Å². The van der Waals surface area contributed by atoms with Gasteiger partial charge in [-0.25, -0.2) is 0 Å². The molecule has 0 radical (unpaired) electrons. The van der Waals surface area contributed by atoms with Gasteiger partial charge in [0.15, 0.2) is 5.82 Å². The smallest absolute Gasteiger partial charge is 0.390 e. The van der Waals surface area contributed by atoms with E-state index in [4.69, 9.17) is 16.3 Å². The van der Waals surface area contributed by atoms with Crippen LogP contribution in [0, 0.1) is 0 Å². The Morgan fingerprint density at radius 3 is 2.75 bits per heavy atom. The fourth-order valence-electron chi connectivity index (χ4n) is 2.04. The number of methoxy groups -OCH3 is 1. The molecule has 0 saturated heterocycles. The standard InChI is InChI=1S/C15H13ClF3N3O2/c1-24-13-8-20-7-12(21-13)22-14(23)11(6-15(17,18)19)9-3-2-4-10(16)5-9/h2-5,7-8,11H,6H2,1H3,(H,21,22,23). The van der Waals surface area contributed by atoms with Crippen LogP contribution in [0.15, 0.2) is 36.7 Å². The molecule has 1 unspecified atom stereocenters. The Kier molecular flexibility index (Phi) is 5.61. The van der Waals surface area contributed by atoms with E-state index in [0.29, 0.717) is 0 Å². The Bertz CT molecular complexity index is 725. The maximum Gasteiger partial charge on any atom is 0.390 e. The Labute approximate surface area is 140 Å². The number of rotatable bonds is 5. The molecule has 2 aromatic rings. The number of anilines is 1. The quantitative estimate of drug-likeness (QED) is 0.881. The van der Waals surface area contributed by atoms with Crippen molar-refractivity contribution in [2.75, 3.05) is 12.4 Å². The molecule has 1 aromatic carbocycles. The summed E-state index contributed by atoms with van der Waals surface area (Å²) in [6, 6.07) is 5.74. The molecule has 5 nitrogen and oxygen atoms in total. The van der Waals surface area contributed by atoms with Gasteiger partial charge >= 0.3 is 6.18 Å². The van der Waals surface area contributed by atoms with E-state index in [1.807, 2.05) is 0 Å². The molecule has 0 fully saturated rings. The molecule has 1 N–H and O–H groups in total. The largest absolute Gasteiger partial charge is 0.480 e. The Hall–Kier alpha value is -2.35. The summed E-state index contributed by atoms with van der Waals surface area (Å²) in [6.07, 6.45) is -3.33. The summed E-state index contributed by atoms with van der Waals surface area (Å²) in [5, 5.41) is 2.57. The average Bonchev–Trinajstić information content (AvgIpc) is 2.52. The van der Waals surface area contributed by atoms with Gasteiger partial charge in [0.1, 0.15) is 0 Å². The van der Waals surface area contributed by atoms with Gasteiger partial charge in [-0.3, -0.25) is 9.78 Å². The second-order valence-electron chi connectivity index (χ2n) is 4.86. The second kappa shape index (κ2) is 7.48. The zero-order chi connectivity index (χ0) is 17.7. The van der Waals surface area contributed by atoms with Gasteiger partial charge < -0.3 is 10.1 Å². The molecular weight excluding hydrogens is 347 g/mol. The van der Waals surface area contributed by atoms with Crippen LogP contribution in [-0.2, 0) is 4.79 Å². The number of hydrogen-bond donors (Lipinski definition) is 1. The normalized spacial score (nSPS) is 12.5. The number of alkyl halides is 3. The molecule has 24 heavy (non-hydrogen) atoms. The number of halogens is 4. The molecule has 0 spiro atoms. The lowest BCUT2D eigenvalue weighted by Gasteiger charge is -2.19. The maximum atomic E-state index is 12.8. The van der Waals surface area contributed by atoms with Gasteiger partial charge in [-0.1, -0.05) is 23.7 Å². The number of nitrogens with zero attached hydrogens (tertiary/aromatic N) is 2. The second-order valence-corrected chi connectivity index (χ2v) is 5.30. The summed E-state index contributed by atoms with van der Waals surface area (Å²) in [7, 11) is 1.36. The Balaban J connectivity index is 2.27. The highest BCUT2D eigenvalue weighted by atomic mass is 35.5. The molecule has 1 aromatic heterocycles. The van der Waals surface area contributed by atoms with Crippen LogP contribution < -0.4 is 10.1 Å². The maximum absolute atomic E-state index is 12.8. The summed E-state index contributed by atoms with van der Waals surface area (Å²) in [6.45, 7) is 0. The first kappa shape index (κ1) is 18.0. The van der Waals surface area contributed by atoms with E-state index < -0.39 is 24.4 Å². The molecule has 2 rings (SSSR count). The van der Waals surface area contributed by atoms with E-state index in [0.717, 1.165) is 0 Å². The van der Waals surface area contributed by atoms with Crippen LogP contribution in [0.1, 0.15) is 17.9 Å². The minimum atomic E-state index is -4.52. The third-order valence-electron chi connectivity index (χ3n) is 3.08. The monoisotopic (exact) mass is 359 g/mol. The zero-order valence-electron chi connectivity index (χ0n) is 12.5. The molecule has 1 heterocycles. The van der Waals surface area contributed by atoms with Crippen LogP contribution in [-0.4, -0.2) is 29.2 Å². The first-order valence-corrected chi connectivity index (χ1v) is 7.15. The third-order valence-corrected chi connectivity index (χ3v) is 3.31. The van der Waals surface area contributed by atoms with Crippen LogP contribution in [0.2, 0.25) is 5.02 Å². The van der Waals surface area contributed by atoms with E-state index in [9.17, 15) is 18.0 Å². The summed E-state index contributed by atoms with van der Waals surface area (Å²) in [5.74, 6) is -2.20. The molecule has 128 valence electrons. The van der Waals surface area contributed by atoms with E-state index in [1.165, 1.54) is 43.8 Å². The predicted octanol–water partition coefficient (Wildman–Crippen LogP) is 3.81. The number of aromatic nitrogens is 2. The van der Waals surface area contributed by atoms with Crippen LogP contribution in [0.4, 0.5) is 19.0 Å². The topological polar surface area (TPSA) is 64.1 Å². The SMILES string of the molecule is COc1cncc(NC(=O)C(CC(F)(F)F)c2cccc(Cl)c2)n1. The van der Waals surface area contributed by atoms with Crippen molar-refractivity contribution >= 4 is 23.3 Å². The van der Waals surface area contributed by atoms with Crippen LogP contribution in [0.5, 0.6) is 5.88 Å². The Morgan fingerprint density at radius 2 is 2.12 bits per heavy atom. The van der Waals surface area contributed by atoms with Gasteiger partial charge in [0.05, 0.1) is 31.8 Å². The summed E-state index contributed by atoms with van der Waals surface area (Å²) in [4.78, 5) is 20.0. The highest BCUT2D eigenvalue weighted by Gasteiger charge is 2.36. The highest BCUT2D eigenvalue weighted by molar-refractivity contribution is 6.30. The van der Waals surface area contributed by atoms with Gasteiger partial charge in [0, 0.05) is 5.02 Å². The average molecular weight is 360 g/mol. The molecular formula is C15H13ClF3N3O2. The number of hydrogen-bond acceptors (Lipinski definition) is 4. The lowest BCUT2D eigenvalue weighted by molar-refractivity contribution is -0.146. The summed E-state index contributed by atoms with van der Waals surface area (Å²) >= 11 is 5.81. The molecule has 1 amide bonds. The van der Waals surface area contributed by atoms with Gasteiger partial charge in [0.25, 0.3) is 0 Å². The fraction of sp³-hybridized carbons (Fsp3) is 0.267. The summed E-state index contributed by atoms with van der Waals surface area (Å²) in [5.41, 5.74) is 0.160. The summed E-state index contributed by atoms with van der Waals surface area (Å²) < 4.78 is 43.4. The van der Waals surface area contributed by atoms with E-state index in [2.05, 4.69) is 15.3 Å². The van der Waals surface area contributed by atoms with E-state index in [-0.39, 0.29) is 22.3 Å². The number of amides is 1. The molecule has 9 heteroatoms. The number of nitrogens with one attached hydrogen (secondary N) is 1. The lowest BCUT2D eigenvalue weighted by atomic mass is 9.94. The van der Waals surface area contributed by atoms with Crippen molar-refractivity contribution in [3.63, 3.8) is 0 Å². The number of carbonyl (C=O) groups is 1. The molecule has 0 aliphatic heterocycles. The molecule has 0 aliphatic carbocycles. The van der Waals surface area contributed by atoms with Crippen molar-refractivity contribution in [2.24, 2.45) is 0 Å². The van der Waals surface area contributed by atoms with Crippen molar-refractivity contribution < 1.29 is 22.7 Å².